The molecule has 2 saturated heterocycles. The summed E-state index contributed by atoms with van der Waals surface area (Å²) < 4.78 is 0. The highest BCUT2D eigenvalue weighted by Gasteiger charge is 2.34. The maximum Gasteiger partial charge on any atom is 0.324 e. The second-order valence-corrected chi connectivity index (χ2v) is 6.97. The zero-order chi connectivity index (χ0) is 18.7. The van der Waals surface area contributed by atoms with E-state index in [9.17, 15) is 19.5 Å². The number of aliphatic carboxylic acids is 1. The van der Waals surface area contributed by atoms with Crippen molar-refractivity contribution in [3.05, 3.63) is 29.8 Å². The van der Waals surface area contributed by atoms with Crippen molar-refractivity contribution in [1.82, 2.24) is 10.2 Å². The highest BCUT2D eigenvalue weighted by Crippen LogP contribution is 2.29. The molecule has 2 fully saturated rings. The van der Waals surface area contributed by atoms with Gasteiger partial charge in [0.15, 0.2) is 0 Å². The average Bonchev–Trinajstić information content (AvgIpc) is 2.58. The number of anilines is 1. The van der Waals surface area contributed by atoms with Crippen molar-refractivity contribution >= 4 is 36.0 Å². The van der Waals surface area contributed by atoms with Gasteiger partial charge in [-0.1, -0.05) is 12.1 Å². The Morgan fingerprint density at radius 2 is 1.74 bits per heavy atom. The number of nitrogens with one attached hydrogen (secondary N) is 1. The number of aliphatic hydroxyl groups is 1. The number of carboxylic acid groups (broad SMARTS) is 1. The first kappa shape index (κ1) is 21.0. The lowest BCUT2D eigenvalue weighted by Crippen LogP contribution is -2.48. The number of rotatable bonds is 5. The predicted molar refractivity (Wildman–Crippen MR) is 101 cm³/mol. The molecule has 0 saturated carbocycles. The van der Waals surface area contributed by atoms with Gasteiger partial charge in [-0.3, -0.25) is 14.9 Å². The SMILES string of the molecule is Cl.O=C(O)CC1(O)CCN(c2ccc(CN3CCC(=O)NC3=O)cc2)CC1. The van der Waals surface area contributed by atoms with Gasteiger partial charge in [0, 0.05) is 38.3 Å². The van der Waals surface area contributed by atoms with Crippen molar-refractivity contribution in [2.24, 2.45) is 0 Å². The summed E-state index contributed by atoms with van der Waals surface area (Å²) in [5.74, 6) is -1.22. The summed E-state index contributed by atoms with van der Waals surface area (Å²) >= 11 is 0. The fourth-order valence-corrected chi connectivity index (χ4v) is 3.42. The lowest BCUT2D eigenvalue weighted by atomic mass is 9.88. The van der Waals surface area contributed by atoms with Crippen LogP contribution in [-0.4, -0.2) is 58.3 Å². The minimum Gasteiger partial charge on any atom is -0.481 e. The van der Waals surface area contributed by atoms with Crippen molar-refractivity contribution in [3.8, 4) is 0 Å². The zero-order valence-electron chi connectivity index (χ0n) is 14.9. The lowest BCUT2D eigenvalue weighted by Gasteiger charge is -2.38. The van der Waals surface area contributed by atoms with Gasteiger partial charge in [0.25, 0.3) is 0 Å². The number of halogens is 1. The predicted octanol–water partition coefficient (Wildman–Crippen LogP) is 1.36. The van der Waals surface area contributed by atoms with E-state index in [-0.39, 0.29) is 30.8 Å². The largest absolute Gasteiger partial charge is 0.481 e. The van der Waals surface area contributed by atoms with Gasteiger partial charge in [0.1, 0.15) is 0 Å². The van der Waals surface area contributed by atoms with E-state index in [4.69, 9.17) is 5.11 Å². The summed E-state index contributed by atoms with van der Waals surface area (Å²) in [6.07, 6.45) is 0.934. The molecule has 0 radical (unpaired) electrons. The van der Waals surface area contributed by atoms with Crippen LogP contribution in [0.15, 0.2) is 24.3 Å². The van der Waals surface area contributed by atoms with Crippen LogP contribution in [0.5, 0.6) is 0 Å². The van der Waals surface area contributed by atoms with Crippen molar-refractivity contribution in [2.75, 3.05) is 24.5 Å². The van der Waals surface area contributed by atoms with Crippen LogP contribution in [0.3, 0.4) is 0 Å². The average molecular weight is 398 g/mol. The second-order valence-electron chi connectivity index (χ2n) is 6.97. The highest BCUT2D eigenvalue weighted by molar-refractivity contribution is 5.96. The number of piperidine rings is 1. The Kier molecular flexibility index (Phi) is 6.67. The number of benzene rings is 1. The molecule has 1 aromatic rings. The van der Waals surface area contributed by atoms with E-state index in [1.807, 2.05) is 24.3 Å². The van der Waals surface area contributed by atoms with E-state index in [2.05, 4.69) is 10.2 Å². The van der Waals surface area contributed by atoms with Crippen LogP contribution in [0, 0.1) is 0 Å². The standard InChI is InChI=1S/C18H23N3O5.ClH/c22-15-5-8-21(17(25)19-15)12-13-1-3-14(4-2-13)20-9-6-18(26,7-10-20)11-16(23)24;/h1-4,26H,5-12H2,(H,23,24)(H,19,22,25);1H. The highest BCUT2D eigenvalue weighted by atomic mass is 35.5. The summed E-state index contributed by atoms with van der Waals surface area (Å²) in [6, 6.07) is 7.45. The maximum absolute atomic E-state index is 11.8. The topological polar surface area (TPSA) is 110 Å². The van der Waals surface area contributed by atoms with Gasteiger partial charge in [-0.25, -0.2) is 4.79 Å². The summed E-state index contributed by atoms with van der Waals surface area (Å²) in [7, 11) is 0. The fraction of sp³-hybridized carbons (Fsp3) is 0.500. The third kappa shape index (κ3) is 5.33. The van der Waals surface area contributed by atoms with Crippen LogP contribution < -0.4 is 10.2 Å². The van der Waals surface area contributed by atoms with Crippen LogP contribution in [0.2, 0.25) is 0 Å². The van der Waals surface area contributed by atoms with Crippen LogP contribution in [-0.2, 0) is 16.1 Å². The maximum atomic E-state index is 11.8. The van der Waals surface area contributed by atoms with Crippen molar-refractivity contribution < 1.29 is 24.6 Å². The second kappa shape index (κ2) is 8.58. The third-order valence-electron chi connectivity index (χ3n) is 4.99. The number of nitrogens with zero attached hydrogens (tertiary/aromatic N) is 2. The van der Waals surface area contributed by atoms with Crippen molar-refractivity contribution in [1.29, 1.82) is 0 Å². The molecule has 0 unspecified atom stereocenters. The Labute approximate surface area is 163 Å². The number of carboxylic acids is 1. The van der Waals surface area contributed by atoms with E-state index in [0.29, 0.717) is 45.4 Å². The number of urea groups is 1. The molecule has 8 nitrogen and oxygen atoms in total. The molecule has 0 aromatic heterocycles. The molecule has 1 aromatic carbocycles. The molecule has 27 heavy (non-hydrogen) atoms. The van der Waals surface area contributed by atoms with Gasteiger partial charge in [-0.2, -0.15) is 0 Å². The van der Waals surface area contributed by atoms with Gasteiger partial charge in [-0.05, 0) is 30.5 Å². The number of imide groups is 1. The normalized spacial score (nSPS) is 19.3. The molecule has 0 aliphatic carbocycles. The summed E-state index contributed by atoms with van der Waals surface area (Å²) in [4.78, 5) is 37.5. The first-order chi connectivity index (χ1) is 12.3. The number of amides is 3. The number of carbonyl (C=O) groups excluding carboxylic acids is 2. The van der Waals surface area contributed by atoms with Gasteiger partial charge in [0.2, 0.25) is 5.91 Å². The van der Waals surface area contributed by atoms with Crippen molar-refractivity contribution in [2.45, 2.75) is 37.8 Å². The fourth-order valence-electron chi connectivity index (χ4n) is 3.42. The molecule has 148 valence electrons. The minimum absolute atomic E-state index is 0. The molecule has 3 N–H and O–H groups in total. The molecule has 3 rings (SSSR count). The lowest BCUT2D eigenvalue weighted by molar-refractivity contribution is -0.143. The number of hydrogen-bond donors (Lipinski definition) is 3. The molecule has 9 heteroatoms. The van der Waals surface area contributed by atoms with E-state index in [0.717, 1.165) is 11.3 Å². The molecular formula is C18H24ClN3O5. The molecule has 0 bridgehead atoms. The first-order valence-corrected chi connectivity index (χ1v) is 8.71. The molecule has 2 aliphatic heterocycles. The first-order valence-electron chi connectivity index (χ1n) is 8.71. The summed E-state index contributed by atoms with van der Waals surface area (Å²) in [5.41, 5.74) is 0.850. The Balaban J connectivity index is 0.00000261. The van der Waals surface area contributed by atoms with Gasteiger partial charge < -0.3 is 20.0 Å². The van der Waals surface area contributed by atoms with Gasteiger partial charge >= 0.3 is 12.0 Å². The zero-order valence-corrected chi connectivity index (χ0v) is 15.7. The van der Waals surface area contributed by atoms with Crippen molar-refractivity contribution in [3.63, 3.8) is 0 Å². The van der Waals surface area contributed by atoms with Crippen LogP contribution in [0.25, 0.3) is 0 Å². The molecular weight excluding hydrogens is 374 g/mol. The number of carbonyl (C=O) groups is 3. The molecule has 2 heterocycles. The summed E-state index contributed by atoms with van der Waals surface area (Å²) in [6.45, 7) is 2.05. The minimum atomic E-state index is -1.12. The van der Waals surface area contributed by atoms with E-state index in [1.165, 1.54) is 0 Å². The Morgan fingerprint density at radius 3 is 2.30 bits per heavy atom. The Hall–Kier alpha value is -2.32. The van der Waals surface area contributed by atoms with E-state index in [1.54, 1.807) is 4.90 Å². The third-order valence-corrected chi connectivity index (χ3v) is 4.99. The molecule has 0 atom stereocenters. The quantitative estimate of drug-likeness (QED) is 0.692. The van der Waals surface area contributed by atoms with Crippen LogP contribution in [0.4, 0.5) is 10.5 Å². The van der Waals surface area contributed by atoms with Gasteiger partial charge in [0.05, 0.1) is 12.0 Å². The van der Waals surface area contributed by atoms with Crippen LogP contribution >= 0.6 is 12.4 Å². The van der Waals surface area contributed by atoms with E-state index < -0.39 is 11.6 Å². The monoisotopic (exact) mass is 397 g/mol. The molecule has 3 amide bonds. The molecule has 2 aliphatic rings. The Bertz CT molecular complexity index is 701. The number of hydrogen-bond acceptors (Lipinski definition) is 5. The smallest absolute Gasteiger partial charge is 0.324 e. The van der Waals surface area contributed by atoms with Crippen LogP contribution in [0.1, 0.15) is 31.2 Å². The Morgan fingerprint density at radius 1 is 1.11 bits per heavy atom. The summed E-state index contributed by atoms with van der Waals surface area (Å²) in [5, 5.41) is 21.5. The van der Waals surface area contributed by atoms with Gasteiger partial charge in [-0.15, -0.1) is 12.4 Å². The molecule has 0 spiro atoms. The van der Waals surface area contributed by atoms with E-state index >= 15 is 0 Å².